The van der Waals surface area contributed by atoms with E-state index in [1.807, 2.05) is 47.0 Å². The number of imidazole rings is 1. The number of benzene rings is 1. The van der Waals surface area contributed by atoms with Crippen LogP contribution in [-0.2, 0) is 20.9 Å². The molecule has 1 aromatic carbocycles. The molecule has 0 bridgehead atoms. The number of rotatable bonds is 4. The van der Waals surface area contributed by atoms with Crippen LogP contribution in [0.2, 0.25) is 0 Å². The summed E-state index contributed by atoms with van der Waals surface area (Å²) >= 11 is 0. The molecule has 2 aromatic heterocycles. The lowest BCUT2D eigenvalue weighted by molar-refractivity contribution is -0.153. The maximum atomic E-state index is 12.5. The Bertz CT molecular complexity index is 858. The Labute approximate surface area is 139 Å². The number of carbonyl (C=O) groups excluding carboxylic acids is 2. The number of anilines is 1. The molecule has 0 fully saturated rings. The molecule has 0 saturated carbocycles. The van der Waals surface area contributed by atoms with E-state index in [0.29, 0.717) is 5.69 Å². The number of hydrogen-bond donors (Lipinski definition) is 0. The van der Waals surface area contributed by atoms with E-state index in [0.717, 1.165) is 11.3 Å². The van der Waals surface area contributed by atoms with E-state index < -0.39 is 11.9 Å². The van der Waals surface area contributed by atoms with E-state index in [1.54, 1.807) is 25.3 Å². The fraction of sp³-hybridized carbons (Fsp3) is 0.167. The van der Waals surface area contributed by atoms with Crippen LogP contribution in [0.4, 0.5) is 5.69 Å². The first kappa shape index (κ1) is 15.7. The van der Waals surface area contributed by atoms with Gasteiger partial charge in [-0.05, 0) is 31.2 Å². The zero-order valence-electron chi connectivity index (χ0n) is 13.3. The molecule has 0 aliphatic rings. The van der Waals surface area contributed by atoms with Crippen molar-refractivity contribution >= 4 is 23.2 Å². The number of nitrogens with zero attached hydrogens (tertiary/aromatic N) is 3. The molecule has 1 amide bonds. The van der Waals surface area contributed by atoms with Gasteiger partial charge in [0.05, 0.1) is 25.0 Å². The van der Waals surface area contributed by atoms with Crippen LogP contribution in [0.3, 0.4) is 0 Å². The fourth-order valence-electron chi connectivity index (χ4n) is 2.46. The van der Waals surface area contributed by atoms with Crippen molar-refractivity contribution in [1.29, 1.82) is 0 Å². The van der Waals surface area contributed by atoms with Crippen LogP contribution in [0, 0.1) is 0 Å². The summed E-state index contributed by atoms with van der Waals surface area (Å²) in [6.07, 6.45) is 3.57. The number of esters is 1. The second kappa shape index (κ2) is 6.95. The van der Waals surface area contributed by atoms with E-state index in [2.05, 4.69) is 4.98 Å². The highest BCUT2D eigenvalue weighted by Gasteiger charge is 2.25. The Balaban J connectivity index is 1.96. The van der Waals surface area contributed by atoms with Crippen LogP contribution in [0.5, 0.6) is 0 Å². The van der Waals surface area contributed by atoms with Crippen LogP contribution in [0.25, 0.3) is 5.65 Å². The van der Waals surface area contributed by atoms with Gasteiger partial charge < -0.3 is 9.14 Å². The first-order chi connectivity index (χ1) is 11.7. The minimum absolute atomic E-state index is 0.156. The van der Waals surface area contributed by atoms with E-state index in [4.69, 9.17) is 4.74 Å². The van der Waals surface area contributed by atoms with E-state index in [9.17, 15) is 9.59 Å². The Morgan fingerprint density at radius 3 is 2.62 bits per heavy atom. The van der Waals surface area contributed by atoms with Crippen LogP contribution in [-0.4, -0.2) is 27.9 Å². The molecule has 3 aromatic rings. The Morgan fingerprint density at radius 1 is 1.12 bits per heavy atom. The molecular formula is C18H17N3O3. The third-order valence-electron chi connectivity index (χ3n) is 3.58. The molecule has 6 heteroatoms. The number of hydrogen-bond acceptors (Lipinski definition) is 4. The van der Waals surface area contributed by atoms with Crippen LogP contribution in [0.15, 0.2) is 60.9 Å². The first-order valence-electron chi connectivity index (χ1n) is 7.65. The number of para-hydroxylation sites is 1. The van der Waals surface area contributed by atoms with Crippen molar-refractivity contribution in [3.63, 3.8) is 0 Å². The van der Waals surface area contributed by atoms with E-state index >= 15 is 0 Å². The van der Waals surface area contributed by atoms with Crippen LogP contribution in [0.1, 0.15) is 12.6 Å². The van der Waals surface area contributed by atoms with Crippen molar-refractivity contribution in [2.75, 3.05) is 11.5 Å². The average molecular weight is 323 g/mol. The molecule has 0 aliphatic carbocycles. The van der Waals surface area contributed by atoms with Gasteiger partial charge in [0.15, 0.2) is 0 Å². The monoisotopic (exact) mass is 323 g/mol. The van der Waals surface area contributed by atoms with Gasteiger partial charge in [-0.3, -0.25) is 9.69 Å². The zero-order chi connectivity index (χ0) is 16.9. The number of ether oxygens (including phenoxy) is 1. The van der Waals surface area contributed by atoms with Gasteiger partial charge in [0, 0.05) is 11.9 Å². The Hall–Kier alpha value is -3.15. The summed E-state index contributed by atoms with van der Waals surface area (Å²) in [4.78, 5) is 30.1. The molecule has 3 rings (SSSR count). The summed E-state index contributed by atoms with van der Waals surface area (Å²) in [5.41, 5.74) is 2.21. The molecule has 2 heterocycles. The quantitative estimate of drug-likeness (QED) is 0.546. The van der Waals surface area contributed by atoms with Gasteiger partial charge in [-0.1, -0.05) is 24.3 Å². The van der Waals surface area contributed by atoms with Crippen molar-refractivity contribution in [3.8, 4) is 0 Å². The number of aromatic nitrogens is 2. The lowest BCUT2D eigenvalue weighted by Gasteiger charge is -2.21. The molecule has 0 unspecified atom stereocenters. The highest BCUT2D eigenvalue weighted by Crippen LogP contribution is 2.18. The summed E-state index contributed by atoms with van der Waals surface area (Å²) in [6.45, 7) is 2.04. The third-order valence-corrected chi connectivity index (χ3v) is 3.58. The normalized spacial score (nSPS) is 10.5. The lowest BCUT2D eigenvalue weighted by atomic mass is 10.2. The summed E-state index contributed by atoms with van der Waals surface area (Å²) in [5.74, 6) is -1.57. The van der Waals surface area contributed by atoms with Crippen LogP contribution < -0.4 is 4.90 Å². The zero-order valence-corrected chi connectivity index (χ0v) is 13.3. The predicted molar refractivity (Wildman–Crippen MR) is 89.5 cm³/mol. The summed E-state index contributed by atoms with van der Waals surface area (Å²) in [6, 6.07) is 14.7. The molecule has 24 heavy (non-hydrogen) atoms. The maximum Gasteiger partial charge on any atom is 0.397 e. The topological polar surface area (TPSA) is 63.9 Å². The highest BCUT2D eigenvalue weighted by atomic mass is 16.5. The van der Waals surface area contributed by atoms with Gasteiger partial charge >= 0.3 is 11.9 Å². The minimum atomic E-state index is -0.866. The van der Waals surface area contributed by atoms with Gasteiger partial charge in [-0.25, -0.2) is 9.78 Å². The smallest absolute Gasteiger partial charge is 0.397 e. The maximum absolute atomic E-state index is 12.5. The largest absolute Gasteiger partial charge is 0.459 e. The number of fused-ring (bicyclic) bond motifs is 1. The summed E-state index contributed by atoms with van der Waals surface area (Å²) in [5, 5.41) is 0. The summed E-state index contributed by atoms with van der Waals surface area (Å²) < 4.78 is 6.74. The second-order valence-corrected chi connectivity index (χ2v) is 5.13. The predicted octanol–water partition coefficient (Wildman–Crippen LogP) is 2.43. The second-order valence-electron chi connectivity index (χ2n) is 5.13. The van der Waals surface area contributed by atoms with Crippen molar-refractivity contribution in [2.24, 2.45) is 0 Å². The van der Waals surface area contributed by atoms with Crippen molar-refractivity contribution in [1.82, 2.24) is 9.38 Å². The number of carbonyl (C=O) groups is 2. The van der Waals surface area contributed by atoms with Crippen molar-refractivity contribution in [2.45, 2.75) is 13.5 Å². The highest BCUT2D eigenvalue weighted by molar-refractivity contribution is 6.38. The lowest BCUT2D eigenvalue weighted by Crippen LogP contribution is -2.37. The average Bonchev–Trinajstić information content (AvgIpc) is 3.03. The van der Waals surface area contributed by atoms with Gasteiger partial charge in [0.25, 0.3) is 0 Å². The molecule has 0 spiro atoms. The third kappa shape index (κ3) is 3.12. The van der Waals surface area contributed by atoms with E-state index in [1.165, 1.54) is 4.90 Å². The molecule has 0 atom stereocenters. The Kier molecular flexibility index (Phi) is 4.56. The standard InChI is InChI=1S/C18H17N3O3/c1-2-24-18(23)17(22)21(14-8-4-3-5-9-14)13-15-12-19-16-10-6-7-11-20(15)16/h3-12H,2,13H2,1H3. The summed E-state index contributed by atoms with van der Waals surface area (Å²) in [7, 11) is 0. The fourth-order valence-corrected chi connectivity index (χ4v) is 2.46. The van der Waals surface area contributed by atoms with Gasteiger partial charge in [-0.15, -0.1) is 0 Å². The molecule has 6 nitrogen and oxygen atoms in total. The Morgan fingerprint density at radius 2 is 1.88 bits per heavy atom. The van der Waals surface area contributed by atoms with E-state index in [-0.39, 0.29) is 13.2 Å². The number of amides is 1. The van der Waals surface area contributed by atoms with Gasteiger partial charge in [0.2, 0.25) is 0 Å². The van der Waals surface area contributed by atoms with Gasteiger partial charge in [0.1, 0.15) is 5.65 Å². The number of pyridine rings is 1. The molecule has 0 N–H and O–H groups in total. The van der Waals surface area contributed by atoms with Crippen LogP contribution >= 0.6 is 0 Å². The van der Waals surface area contributed by atoms with Crippen molar-refractivity contribution < 1.29 is 14.3 Å². The first-order valence-corrected chi connectivity index (χ1v) is 7.65. The SMILES string of the molecule is CCOC(=O)C(=O)N(Cc1cnc2ccccn12)c1ccccc1. The molecule has 0 radical (unpaired) electrons. The molecule has 0 aliphatic heterocycles. The molecule has 0 saturated heterocycles. The van der Waals surface area contributed by atoms with Crippen molar-refractivity contribution in [3.05, 3.63) is 66.6 Å². The van der Waals surface area contributed by atoms with Gasteiger partial charge in [-0.2, -0.15) is 0 Å². The minimum Gasteiger partial charge on any atom is -0.459 e. The molecule has 122 valence electrons. The molecular weight excluding hydrogens is 306 g/mol.